The summed E-state index contributed by atoms with van der Waals surface area (Å²) in [6.45, 7) is 2.81. The van der Waals surface area contributed by atoms with E-state index in [2.05, 4.69) is 5.29 Å². The van der Waals surface area contributed by atoms with Crippen molar-refractivity contribution in [1.29, 1.82) is 0 Å². The van der Waals surface area contributed by atoms with Gasteiger partial charge in [-0.2, -0.15) is 0 Å². The van der Waals surface area contributed by atoms with Crippen molar-refractivity contribution >= 4 is 0 Å². The molecule has 3 nitrogen and oxygen atoms in total. The number of nitroso groups, excluding NO2 is 1. The molecule has 0 N–H and O–H groups in total. The van der Waals surface area contributed by atoms with Crippen LogP contribution in [0.15, 0.2) is 5.29 Å². The summed E-state index contributed by atoms with van der Waals surface area (Å²) in [4.78, 5) is 9.45. The van der Waals surface area contributed by atoms with Crippen LogP contribution in [0.1, 0.15) is 6.92 Å². The van der Waals surface area contributed by atoms with Gasteiger partial charge in [0.15, 0.2) is 0 Å². The highest BCUT2D eigenvalue weighted by molar-refractivity contribution is 4.79. The third kappa shape index (κ3) is 0.358. The van der Waals surface area contributed by atoms with E-state index in [1.54, 1.807) is 0 Å². The number of nitrogens with zero attached hydrogens (tertiary/aromatic N) is 2. The molecule has 1 saturated heterocycles. The zero-order valence-corrected chi connectivity index (χ0v) is 3.59. The summed E-state index contributed by atoms with van der Waals surface area (Å²) in [5.74, 6) is 0. The van der Waals surface area contributed by atoms with Crippen LogP contribution >= 0.6 is 0 Å². The highest BCUT2D eigenvalue weighted by atomic mass is 16.3. The van der Waals surface area contributed by atoms with Crippen molar-refractivity contribution in [3.05, 3.63) is 4.91 Å². The standard InChI is InChI=1S/C3H6N2O/c1-3-2-5(3)4-6/h3H,2H2,1H3/t3-,5?/m1/s1. The quantitative estimate of drug-likeness (QED) is 0.341. The van der Waals surface area contributed by atoms with Crippen molar-refractivity contribution in [2.75, 3.05) is 6.54 Å². The second kappa shape index (κ2) is 0.929. The maximum atomic E-state index is 9.45. The SMILES string of the molecule is C[C@@H]1CN1N=O. The van der Waals surface area contributed by atoms with E-state index in [1.807, 2.05) is 6.92 Å². The zero-order chi connectivity index (χ0) is 4.57. The molecule has 1 aliphatic rings. The van der Waals surface area contributed by atoms with Gasteiger partial charge in [0.2, 0.25) is 0 Å². The first-order valence-electron chi connectivity index (χ1n) is 1.94. The van der Waals surface area contributed by atoms with Crippen molar-refractivity contribution in [2.45, 2.75) is 13.0 Å². The Morgan fingerprint density at radius 2 is 2.50 bits per heavy atom. The maximum absolute atomic E-state index is 9.45. The van der Waals surface area contributed by atoms with E-state index >= 15 is 0 Å². The molecule has 0 aliphatic carbocycles. The molecule has 1 heterocycles. The van der Waals surface area contributed by atoms with Gasteiger partial charge in [-0.15, -0.1) is 4.91 Å². The predicted octanol–water partition coefficient (Wildman–Crippen LogP) is 0.372. The van der Waals surface area contributed by atoms with Gasteiger partial charge >= 0.3 is 0 Å². The summed E-state index contributed by atoms with van der Waals surface area (Å²) in [5.41, 5.74) is 0. The summed E-state index contributed by atoms with van der Waals surface area (Å²) in [7, 11) is 0. The third-order valence-corrected chi connectivity index (χ3v) is 0.931. The van der Waals surface area contributed by atoms with Crippen LogP contribution < -0.4 is 0 Å². The Labute approximate surface area is 35.9 Å². The van der Waals surface area contributed by atoms with E-state index in [1.165, 1.54) is 5.01 Å². The van der Waals surface area contributed by atoms with Crippen LogP contribution in [0.3, 0.4) is 0 Å². The molecule has 1 aliphatic heterocycles. The normalized spacial score (nSPS) is 30.2. The summed E-state index contributed by atoms with van der Waals surface area (Å²) in [6, 6.07) is 0.419. The maximum Gasteiger partial charge on any atom is 0.0668 e. The molecule has 0 bridgehead atoms. The minimum atomic E-state index is 0.419. The molecule has 1 fully saturated rings. The Hall–Kier alpha value is -0.600. The van der Waals surface area contributed by atoms with Crippen molar-refractivity contribution < 1.29 is 0 Å². The Morgan fingerprint density at radius 1 is 2.00 bits per heavy atom. The van der Waals surface area contributed by atoms with Gasteiger partial charge in [0.25, 0.3) is 0 Å². The zero-order valence-electron chi connectivity index (χ0n) is 3.59. The molecule has 0 spiro atoms. The molecule has 6 heavy (non-hydrogen) atoms. The molecule has 0 saturated carbocycles. The van der Waals surface area contributed by atoms with Crippen LogP contribution in [0.5, 0.6) is 0 Å². The van der Waals surface area contributed by atoms with E-state index in [-0.39, 0.29) is 0 Å². The first-order valence-corrected chi connectivity index (χ1v) is 1.94. The molecule has 3 heteroatoms. The largest absolute Gasteiger partial charge is 0.254 e. The van der Waals surface area contributed by atoms with Crippen molar-refractivity contribution in [2.24, 2.45) is 5.29 Å². The summed E-state index contributed by atoms with van der Waals surface area (Å²) in [5, 5.41) is 4.15. The van der Waals surface area contributed by atoms with E-state index in [9.17, 15) is 4.91 Å². The third-order valence-electron chi connectivity index (χ3n) is 0.931. The molecular weight excluding hydrogens is 80.0 g/mol. The first kappa shape index (κ1) is 3.59. The average Bonchev–Trinajstić information content (AvgIpc) is 2.19. The minimum absolute atomic E-state index is 0.419. The Morgan fingerprint density at radius 3 is 2.50 bits per heavy atom. The number of hydrogen-bond donors (Lipinski definition) is 0. The lowest BCUT2D eigenvalue weighted by Crippen LogP contribution is -1.82. The summed E-state index contributed by atoms with van der Waals surface area (Å²) >= 11 is 0. The first-order chi connectivity index (χ1) is 2.84. The molecule has 0 unspecified atom stereocenters. The fourth-order valence-corrected chi connectivity index (χ4v) is 0.337. The van der Waals surface area contributed by atoms with Gasteiger partial charge in [0.1, 0.15) is 0 Å². The lowest BCUT2D eigenvalue weighted by molar-refractivity contribution is 0.552. The van der Waals surface area contributed by atoms with E-state index in [0.29, 0.717) is 6.04 Å². The van der Waals surface area contributed by atoms with Crippen molar-refractivity contribution in [3.8, 4) is 0 Å². The molecule has 0 aromatic rings. The van der Waals surface area contributed by atoms with Gasteiger partial charge in [-0.05, 0) is 6.92 Å². The lowest BCUT2D eigenvalue weighted by Gasteiger charge is -1.76. The van der Waals surface area contributed by atoms with Gasteiger partial charge in [-0.3, -0.25) is 5.01 Å². The Balaban J connectivity index is 2.25. The number of hydrogen-bond acceptors (Lipinski definition) is 2. The minimum Gasteiger partial charge on any atom is -0.254 e. The monoisotopic (exact) mass is 86.0 g/mol. The number of rotatable bonds is 1. The van der Waals surface area contributed by atoms with Crippen LogP contribution in [0.25, 0.3) is 0 Å². The van der Waals surface area contributed by atoms with Gasteiger partial charge < -0.3 is 0 Å². The van der Waals surface area contributed by atoms with Crippen molar-refractivity contribution in [3.63, 3.8) is 0 Å². The van der Waals surface area contributed by atoms with Gasteiger partial charge in [-0.25, -0.2) is 0 Å². The smallest absolute Gasteiger partial charge is 0.0668 e. The Kier molecular flexibility index (Phi) is 0.555. The lowest BCUT2D eigenvalue weighted by atomic mass is 10.6. The molecule has 0 radical (unpaired) electrons. The van der Waals surface area contributed by atoms with E-state index in [0.717, 1.165) is 6.54 Å². The van der Waals surface area contributed by atoms with Gasteiger partial charge in [0, 0.05) is 0 Å². The van der Waals surface area contributed by atoms with Crippen LogP contribution in [0.4, 0.5) is 0 Å². The molecule has 1 atom stereocenters. The van der Waals surface area contributed by atoms with Crippen LogP contribution in [-0.2, 0) is 0 Å². The highest BCUT2D eigenvalue weighted by Crippen LogP contribution is 2.14. The molecule has 34 valence electrons. The van der Waals surface area contributed by atoms with Crippen LogP contribution in [0.2, 0.25) is 0 Å². The van der Waals surface area contributed by atoms with E-state index < -0.39 is 0 Å². The molecule has 0 amide bonds. The van der Waals surface area contributed by atoms with Gasteiger partial charge in [0.05, 0.1) is 17.9 Å². The topological polar surface area (TPSA) is 32.4 Å². The average molecular weight is 86.1 g/mol. The second-order valence-corrected chi connectivity index (χ2v) is 1.55. The van der Waals surface area contributed by atoms with E-state index in [4.69, 9.17) is 0 Å². The van der Waals surface area contributed by atoms with Crippen molar-refractivity contribution in [1.82, 2.24) is 5.01 Å². The molecule has 0 aromatic heterocycles. The highest BCUT2D eigenvalue weighted by Gasteiger charge is 2.28. The van der Waals surface area contributed by atoms with Crippen LogP contribution in [-0.4, -0.2) is 17.6 Å². The molecule has 1 rings (SSSR count). The van der Waals surface area contributed by atoms with Gasteiger partial charge in [-0.1, -0.05) is 0 Å². The predicted molar refractivity (Wildman–Crippen MR) is 22.0 cm³/mol. The Bertz CT molecular complexity index is 73.2. The molecular formula is C3H6N2O. The second-order valence-electron chi connectivity index (χ2n) is 1.55. The van der Waals surface area contributed by atoms with Crippen LogP contribution in [0, 0.1) is 4.91 Å². The summed E-state index contributed by atoms with van der Waals surface area (Å²) < 4.78 is 0. The fraction of sp³-hybridized carbons (Fsp3) is 1.00. The fourth-order valence-electron chi connectivity index (χ4n) is 0.337. The summed E-state index contributed by atoms with van der Waals surface area (Å²) in [6.07, 6.45) is 0. The molecule has 0 aromatic carbocycles.